The van der Waals surface area contributed by atoms with Crippen molar-refractivity contribution in [2.75, 3.05) is 18.5 Å². The molecule has 82 valence electrons. The number of pyridine rings is 1. The Morgan fingerprint density at radius 2 is 2.40 bits per heavy atom. The van der Waals surface area contributed by atoms with Gasteiger partial charge in [0, 0.05) is 31.9 Å². The van der Waals surface area contributed by atoms with Gasteiger partial charge >= 0.3 is 0 Å². The highest BCUT2D eigenvalue weighted by Crippen LogP contribution is 2.15. The van der Waals surface area contributed by atoms with Gasteiger partial charge in [-0.25, -0.2) is 4.98 Å². The van der Waals surface area contributed by atoms with E-state index in [2.05, 4.69) is 16.5 Å². The first-order valence-corrected chi connectivity index (χ1v) is 5.25. The Hall–Kier alpha value is -1.35. The lowest BCUT2D eigenvalue weighted by molar-refractivity contribution is 0.785. The topological polar surface area (TPSA) is 42.2 Å². The van der Waals surface area contributed by atoms with Crippen LogP contribution in [-0.4, -0.2) is 18.6 Å². The normalized spacial score (nSPS) is 10.0. The summed E-state index contributed by atoms with van der Waals surface area (Å²) in [5, 5.41) is 0. The highest BCUT2D eigenvalue weighted by atomic mass is 15.2. The van der Waals surface area contributed by atoms with Crippen LogP contribution in [0.4, 0.5) is 5.82 Å². The predicted molar refractivity (Wildman–Crippen MR) is 64.8 cm³/mol. The number of hydrogen-bond acceptors (Lipinski definition) is 3. The van der Waals surface area contributed by atoms with Gasteiger partial charge in [0.2, 0.25) is 0 Å². The summed E-state index contributed by atoms with van der Waals surface area (Å²) in [7, 11) is 2.05. The molecule has 1 heterocycles. The van der Waals surface area contributed by atoms with Crippen molar-refractivity contribution in [1.82, 2.24) is 4.98 Å². The highest BCUT2D eigenvalue weighted by Gasteiger charge is 2.06. The standard InChI is InChI=1S/C12H19N3/c1-3-4-5-9-15(2)12-11(10-13)7-6-8-14-12/h3,6-8H,1,4-5,9-10,13H2,2H3. The summed E-state index contributed by atoms with van der Waals surface area (Å²) in [6.07, 6.45) is 5.88. The third-order valence-corrected chi connectivity index (χ3v) is 2.35. The van der Waals surface area contributed by atoms with Gasteiger partial charge in [-0.1, -0.05) is 12.1 Å². The smallest absolute Gasteiger partial charge is 0.132 e. The predicted octanol–water partition coefficient (Wildman–Crippen LogP) is 1.94. The monoisotopic (exact) mass is 205 g/mol. The molecule has 0 aromatic carbocycles. The molecule has 1 rings (SSSR count). The fourth-order valence-corrected chi connectivity index (χ4v) is 1.51. The van der Waals surface area contributed by atoms with E-state index >= 15 is 0 Å². The van der Waals surface area contributed by atoms with Crippen molar-refractivity contribution in [3.05, 3.63) is 36.5 Å². The third-order valence-electron chi connectivity index (χ3n) is 2.35. The van der Waals surface area contributed by atoms with E-state index in [-0.39, 0.29) is 0 Å². The Morgan fingerprint density at radius 1 is 1.60 bits per heavy atom. The minimum Gasteiger partial charge on any atom is -0.359 e. The Bertz CT molecular complexity index is 309. The van der Waals surface area contributed by atoms with Gasteiger partial charge in [-0.2, -0.15) is 0 Å². The molecule has 3 heteroatoms. The van der Waals surface area contributed by atoms with Gasteiger partial charge in [0.15, 0.2) is 0 Å². The molecule has 0 aliphatic heterocycles. The molecule has 0 fully saturated rings. The Balaban J connectivity index is 2.63. The maximum Gasteiger partial charge on any atom is 0.132 e. The maximum absolute atomic E-state index is 5.66. The van der Waals surface area contributed by atoms with Crippen molar-refractivity contribution in [1.29, 1.82) is 0 Å². The van der Waals surface area contributed by atoms with E-state index < -0.39 is 0 Å². The number of nitrogens with zero attached hydrogens (tertiary/aromatic N) is 2. The Kier molecular flexibility index (Phi) is 4.84. The second-order valence-corrected chi connectivity index (χ2v) is 3.54. The molecule has 1 aromatic rings. The van der Waals surface area contributed by atoms with Gasteiger partial charge in [-0.3, -0.25) is 0 Å². The van der Waals surface area contributed by atoms with Crippen molar-refractivity contribution in [3.8, 4) is 0 Å². The molecule has 0 bridgehead atoms. The van der Waals surface area contributed by atoms with Crippen molar-refractivity contribution in [2.45, 2.75) is 19.4 Å². The third kappa shape index (κ3) is 3.36. The van der Waals surface area contributed by atoms with Gasteiger partial charge in [0.1, 0.15) is 5.82 Å². The Morgan fingerprint density at radius 3 is 3.07 bits per heavy atom. The molecule has 0 aliphatic carbocycles. The van der Waals surface area contributed by atoms with E-state index in [1.165, 1.54) is 0 Å². The van der Waals surface area contributed by atoms with Crippen LogP contribution in [-0.2, 0) is 6.54 Å². The van der Waals surface area contributed by atoms with Crippen molar-refractivity contribution < 1.29 is 0 Å². The molecule has 1 aromatic heterocycles. The van der Waals surface area contributed by atoms with E-state index in [4.69, 9.17) is 5.73 Å². The van der Waals surface area contributed by atoms with E-state index in [1.807, 2.05) is 25.3 Å². The molecule has 0 spiro atoms. The van der Waals surface area contributed by atoms with Crippen LogP contribution < -0.4 is 10.6 Å². The average Bonchev–Trinajstić information content (AvgIpc) is 2.29. The summed E-state index contributed by atoms with van der Waals surface area (Å²) >= 11 is 0. The molecule has 0 amide bonds. The minimum atomic E-state index is 0.537. The zero-order chi connectivity index (χ0) is 11.1. The number of hydrogen-bond donors (Lipinski definition) is 1. The van der Waals surface area contributed by atoms with E-state index in [1.54, 1.807) is 6.20 Å². The van der Waals surface area contributed by atoms with Crippen molar-refractivity contribution in [2.24, 2.45) is 5.73 Å². The second kappa shape index (κ2) is 6.19. The first-order chi connectivity index (χ1) is 7.29. The summed E-state index contributed by atoms with van der Waals surface area (Å²) in [5.41, 5.74) is 6.76. The van der Waals surface area contributed by atoms with Gasteiger partial charge in [-0.05, 0) is 18.9 Å². The summed E-state index contributed by atoms with van der Waals surface area (Å²) in [5.74, 6) is 0.990. The van der Waals surface area contributed by atoms with Crippen LogP contribution in [0.2, 0.25) is 0 Å². The van der Waals surface area contributed by atoms with Crippen LogP contribution in [0.15, 0.2) is 31.0 Å². The number of aromatic nitrogens is 1. The number of unbranched alkanes of at least 4 members (excludes halogenated alkanes) is 1. The first kappa shape index (κ1) is 11.7. The van der Waals surface area contributed by atoms with E-state index in [0.717, 1.165) is 30.8 Å². The van der Waals surface area contributed by atoms with Crippen LogP contribution in [0.5, 0.6) is 0 Å². The van der Waals surface area contributed by atoms with Crippen LogP contribution in [0.3, 0.4) is 0 Å². The molecule has 15 heavy (non-hydrogen) atoms. The molecule has 2 N–H and O–H groups in total. The molecular formula is C12H19N3. The Labute approximate surface area is 91.6 Å². The maximum atomic E-state index is 5.66. The first-order valence-electron chi connectivity index (χ1n) is 5.25. The largest absolute Gasteiger partial charge is 0.359 e. The fraction of sp³-hybridized carbons (Fsp3) is 0.417. The summed E-state index contributed by atoms with van der Waals surface area (Å²) in [6.45, 7) is 5.23. The average molecular weight is 205 g/mol. The lowest BCUT2D eigenvalue weighted by Crippen LogP contribution is -2.21. The highest BCUT2D eigenvalue weighted by molar-refractivity contribution is 5.45. The number of rotatable bonds is 6. The summed E-state index contributed by atoms with van der Waals surface area (Å²) < 4.78 is 0. The van der Waals surface area contributed by atoms with Crippen molar-refractivity contribution in [3.63, 3.8) is 0 Å². The number of anilines is 1. The van der Waals surface area contributed by atoms with Gasteiger partial charge in [-0.15, -0.1) is 6.58 Å². The van der Waals surface area contributed by atoms with Gasteiger partial charge in [0.25, 0.3) is 0 Å². The van der Waals surface area contributed by atoms with Gasteiger partial charge in [0.05, 0.1) is 0 Å². The molecular weight excluding hydrogens is 186 g/mol. The van der Waals surface area contributed by atoms with Crippen LogP contribution in [0.1, 0.15) is 18.4 Å². The molecule has 0 unspecified atom stereocenters. The zero-order valence-corrected chi connectivity index (χ0v) is 9.32. The quantitative estimate of drug-likeness (QED) is 0.570. The van der Waals surface area contributed by atoms with E-state index in [0.29, 0.717) is 6.54 Å². The number of allylic oxidation sites excluding steroid dienone is 1. The van der Waals surface area contributed by atoms with Crippen molar-refractivity contribution >= 4 is 5.82 Å². The molecule has 0 aliphatic rings. The summed E-state index contributed by atoms with van der Waals surface area (Å²) in [4.78, 5) is 6.49. The van der Waals surface area contributed by atoms with Gasteiger partial charge < -0.3 is 10.6 Å². The lowest BCUT2D eigenvalue weighted by Gasteiger charge is -2.20. The van der Waals surface area contributed by atoms with Crippen LogP contribution in [0, 0.1) is 0 Å². The second-order valence-electron chi connectivity index (χ2n) is 3.54. The molecule has 0 saturated carbocycles. The SMILES string of the molecule is C=CCCCN(C)c1ncccc1CN. The molecule has 0 saturated heterocycles. The minimum absolute atomic E-state index is 0.537. The van der Waals surface area contributed by atoms with E-state index in [9.17, 15) is 0 Å². The molecule has 3 nitrogen and oxygen atoms in total. The molecule has 0 radical (unpaired) electrons. The zero-order valence-electron chi connectivity index (χ0n) is 9.32. The van der Waals surface area contributed by atoms with Crippen LogP contribution >= 0.6 is 0 Å². The summed E-state index contributed by atoms with van der Waals surface area (Å²) in [6, 6.07) is 3.94. The lowest BCUT2D eigenvalue weighted by atomic mass is 10.2. The van der Waals surface area contributed by atoms with Crippen LogP contribution in [0.25, 0.3) is 0 Å². The number of nitrogens with two attached hydrogens (primary N) is 1. The fourth-order valence-electron chi connectivity index (χ4n) is 1.51. The molecule has 0 atom stereocenters.